The Balaban J connectivity index is 1.19. The van der Waals surface area contributed by atoms with Crippen LogP contribution in [0.5, 0.6) is 11.5 Å². The summed E-state index contributed by atoms with van der Waals surface area (Å²) in [6, 6.07) is 16.4. The number of ether oxygens (including phenoxy) is 2. The molecule has 0 fully saturated rings. The summed E-state index contributed by atoms with van der Waals surface area (Å²) in [7, 11) is 3.38. The fourth-order valence-corrected chi connectivity index (χ4v) is 8.42. The van der Waals surface area contributed by atoms with Crippen molar-refractivity contribution in [3.63, 3.8) is 0 Å². The van der Waals surface area contributed by atoms with Gasteiger partial charge in [-0.25, -0.2) is 4.57 Å². The number of aromatic nitrogens is 3. The minimum absolute atomic E-state index is 0.0439. The monoisotopic (exact) mass is 562 g/mol. The SMILES string of the molecule is COc1ccc(CSC2=NNC3c4c(sc5c4CCC5)-n4c(SCc5ccc(OC)cc5)nnc4N23)cc1. The molecule has 2 aromatic carbocycles. The maximum Gasteiger partial charge on any atom is 0.241 e. The number of fused-ring (bicyclic) bond motifs is 8. The first kappa shape index (κ1) is 23.9. The summed E-state index contributed by atoms with van der Waals surface area (Å²) in [5.41, 5.74) is 8.69. The van der Waals surface area contributed by atoms with Crippen molar-refractivity contribution in [3.8, 4) is 16.5 Å². The van der Waals surface area contributed by atoms with Gasteiger partial charge >= 0.3 is 0 Å². The van der Waals surface area contributed by atoms with Crippen molar-refractivity contribution >= 4 is 46.0 Å². The first-order valence-corrected chi connectivity index (χ1v) is 15.3. The summed E-state index contributed by atoms with van der Waals surface area (Å²) >= 11 is 5.31. The lowest BCUT2D eigenvalue weighted by Gasteiger charge is -2.31. The second-order valence-electron chi connectivity index (χ2n) is 9.26. The Kier molecular flexibility index (Phi) is 6.21. The molecule has 1 aliphatic carbocycles. The van der Waals surface area contributed by atoms with Crippen LogP contribution in [0.2, 0.25) is 0 Å². The molecular weight excluding hydrogens is 537 g/mol. The lowest BCUT2D eigenvalue weighted by molar-refractivity contribution is 0.414. The molecule has 4 heterocycles. The van der Waals surface area contributed by atoms with Gasteiger partial charge in [-0.2, -0.15) is 5.10 Å². The average Bonchev–Trinajstić information content (AvgIpc) is 3.74. The van der Waals surface area contributed by atoms with Crippen LogP contribution in [0, 0.1) is 0 Å². The summed E-state index contributed by atoms with van der Waals surface area (Å²) in [4.78, 5) is 3.72. The van der Waals surface area contributed by atoms with Crippen LogP contribution >= 0.6 is 34.9 Å². The number of nitrogens with zero attached hydrogens (tertiary/aromatic N) is 5. The molecule has 0 saturated heterocycles. The van der Waals surface area contributed by atoms with E-state index >= 15 is 0 Å². The van der Waals surface area contributed by atoms with Gasteiger partial charge in [0.05, 0.1) is 14.2 Å². The number of hydrazone groups is 1. The lowest BCUT2D eigenvalue weighted by Crippen LogP contribution is -2.38. The largest absolute Gasteiger partial charge is 0.497 e. The van der Waals surface area contributed by atoms with E-state index in [1.54, 1.807) is 37.7 Å². The Morgan fingerprint density at radius 3 is 2.29 bits per heavy atom. The predicted molar refractivity (Wildman–Crippen MR) is 154 cm³/mol. The van der Waals surface area contributed by atoms with Gasteiger partial charge in [0.15, 0.2) is 16.5 Å². The molecule has 194 valence electrons. The topological polar surface area (TPSA) is 76.8 Å². The molecule has 38 heavy (non-hydrogen) atoms. The van der Waals surface area contributed by atoms with Crippen molar-refractivity contribution < 1.29 is 9.47 Å². The summed E-state index contributed by atoms with van der Waals surface area (Å²) in [6.07, 6.45) is 3.44. The Morgan fingerprint density at radius 2 is 1.61 bits per heavy atom. The highest BCUT2D eigenvalue weighted by molar-refractivity contribution is 8.13. The van der Waals surface area contributed by atoms with Gasteiger partial charge in [-0.05, 0) is 60.2 Å². The molecule has 1 atom stereocenters. The molecule has 0 amide bonds. The number of thiophene rings is 1. The third-order valence-corrected chi connectivity index (χ3v) is 10.4. The zero-order valence-electron chi connectivity index (χ0n) is 21.0. The summed E-state index contributed by atoms with van der Waals surface area (Å²) < 4.78 is 12.9. The number of hydrogen-bond donors (Lipinski definition) is 1. The molecule has 0 bridgehead atoms. The van der Waals surface area contributed by atoms with Crippen molar-refractivity contribution in [1.82, 2.24) is 20.2 Å². The number of nitrogens with one attached hydrogen (secondary N) is 1. The maximum absolute atomic E-state index is 5.31. The van der Waals surface area contributed by atoms with Crippen molar-refractivity contribution in [3.05, 3.63) is 75.7 Å². The minimum atomic E-state index is -0.0439. The van der Waals surface area contributed by atoms with Gasteiger partial charge in [0.2, 0.25) is 5.95 Å². The highest BCUT2D eigenvalue weighted by atomic mass is 32.2. The molecule has 3 aliphatic rings. The molecule has 8 nitrogen and oxygen atoms in total. The molecule has 2 aromatic heterocycles. The maximum atomic E-state index is 5.31. The number of amidine groups is 1. The van der Waals surface area contributed by atoms with Crippen LogP contribution in [0.1, 0.15) is 39.7 Å². The first-order chi connectivity index (χ1) is 18.7. The fourth-order valence-electron chi connectivity index (χ4n) is 5.13. The van der Waals surface area contributed by atoms with Crippen LogP contribution in [0.15, 0.2) is 58.8 Å². The number of anilines is 1. The van der Waals surface area contributed by atoms with Crippen LogP contribution in [-0.4, -0.2) is 34.2 Å². The van der Waals surface area contributed by atoms with Gasteiger partial charge < -0.3 is 9.47 Å². The van der Waals surface area contributed by atoms with Crippen LogP contribution in [0.3, 0.4) is 0 Å². The Morgan fingerprint density at radius 1 is 0.921 bits per heavy atom. The number of methoxy groups -OCH3 is 2. The highest BCUT2D eigenvalue weighted by Crippen LogP contribution is 2.50. The second-order valence-corrected chi connectivity index (χ2v) is 12.2. The number of thioether (sulfide) groups is 2. The first-order valence-electron chi connectivity index (χ1n) is 12.5. The predicted octanol–water partition coefficient (Wildman–Crippen LogP) is 5.75. The summed E-state index contributed by atoms with van der Waals surface area (Å²) in [6.45, 7) is 0. The third-order valence-electron chi connectivity index (χ3n) is 7.05. The standard InChI is InChI=1S/C27H26N6O2S3/c1-34-18-10-6-16(7-11-18)14-36-26-30-28-23-22-20-4-3-5-21(20)38-24(22)33-25(32(23)26)29-31-27(33)37-15-17-8-12-19(35-2)13-9-17/h6-13,23,28H,3-5,14-15H2,1-2H3. The van der Waals surface area contributed by atoms with E-state index in [9.17, 15) is 0 Å². The fraction of sp³-hybridized carbons (Fsp3) is 0.296. The van der Waals surface area contributed by atoms with Gasteiger partial charge in [0.1, 0.15) is 16.5 Å². The molecule has 2 aliphatic heterocycles. The van der Waals surface area contributed by atoms with E-state index in [1.165, 1.54) is 38.6 Å². The second kappa shape index (κ2) is 9.87. The van der Waals surface area contributed by atoms with Crippen molar-refractivity contribution in [2.45, 2.75) is 42.1 Å². The molecule has 11 heteroatoms. The van der Waals surface area contributed by atoms with Crippen LogP contribution in [0.25, 0.3) is 5.00 Å². The smallest absolute Gasteiger partial charge is 0.241 e. The Bertz CT molecular complexity index is 1510. The van der Waals surface area contributed by atoms with Gasteiger partial charge in [-0.1, -0.05) is 47.8 Å². The molecule has 0 saturated carbocycles. The van der Waals surface area contributed by atoms with Gasteiger partial charge in [0.25, 0.3) is 0 Å². The number of hydrogen-bond acceptors (Lipinski definition) is 10. The quantitative estimate of drug-likeness (QED) is 0.285. The van der Waals surface area contributed by atoms with Crippen molar-refractivity contribution in [2.24, 2.45) is 5.10 Å². The van der Waals surface area contributed by atoms with E-state index in [1.807, 2.05) is 35.6 Å². The molecular formula is C27H26N6O2S3. The van der Waals surface area contributed by atoms with E-state index in [0.29, 0.717) is 0 Å². The van der Waals surface area contributed by atoms with E-state index in [0.717, 1.165) is 52.1 Å². The van der Waals surface area contributed by atoms with Gasteiger partial charge in [-0.15, -0.1) is 21.5 Å². The minimum Gasteiger partial charge on any atom is -0.497 e. The lowest BCUT2D eigenvalue weighted by atomic mass is 10.1. The molecule has 1 N–H and O–H groups in total. The number of benzene rings is 2. The third kappa shape index (κ3) is 4.04. The van der Waals surface area contributed by atoms with E-state index in [4.69, 9.17) is 19.7 Å². The van der Waals surface area contributed by atoms with E-state index < -0.39 is 0 Å². The zero-order valence-corrected chi connectivity index (χ0v) is 23.5. The molecule has 0 spiro atoms. The van der Waals surface area contributed by atoms with Crippen LogP contribution in [-0.2, 0) is 24.3 Å². The van der Waals surface area contributed by atoms with Crippen molar-refractivity contribution in [2.75, 3.05) is 19.1 Å². The van der Waals surface area contributed by atoms with Crippen LogP contribution < -0.4 is 19.8 Å². The molecule has 4 aromatic rings. The molecule has 0 radical (unpaired) electrons. The highest BCUT2D eigenvalue weighted by Gasteiger charge is 2.44. The number of rotatable bonds is 7. The molecule has 1 unspecified atom stereocenters. The summed E-state index contributed by atoms with van der Waals surface area (Å²) in [5.74, 6) is 4.15. The average molecular weight is 563 g/mol. The Hall–Kier alpha value is -3.15. The van der Waals surface area contributed by atoms with Gasteiger partial charge in [-0.3, -0.25) is 10.3 Å². The summed E-state index contributed by atoms with van der Waals surface area (Å²) in [5, 5.41) is 17.2. The number of aryl methyl sites for hydroxylation is 1. The van der Waals surface area contributed by atoms with Crippen LogP contribution in [0.4, 0.5) is 5.95 Å². The van der Waals surface area contributed by atoms with Crippen molar-refractivity contribution in [1.29, 1.82) is 0 Å². The van der Waals surface area contributed by atoms with E-state index in [2.05, 4.69) is 44.3 Å². The zero-order chi connectivity index (χ0) is 25.6. The normalized spacial score (nSPS) is 16.8. The molecule has 7 rings (SSSR count). The van der Waals surface area contributed by atoms with E-state index in [-0.39, 0.29) is 6.17 Å². The van der Waals surface area contributed by atoms with Gasteiger partial charge in [0, 0.05) is 21.9 Å². The Labute approximate surface area is 233 Å².